The first-order chi connectivity index (χ1) is 9.61. The maximum absolute atomic E-state index is 6.18. The van der Waals surface area contributed by atoms with E-state index >= 15 is 0 Å². The number of anilines is 1. The maximum atomic E-state index is 6.18. The molecule has 1 aromatic heterocycles. The standard InChI is InChI=1S/C15H17Cl2N3/c1-18-9-14-13(17)7-8-15(19-14)20(2)10-11-5-3-4-6-12(11)16/h3-8,18H,9-10H2,1-2H3. The Morgan fingerprint density at radius 2 is 1.85 bits per heavy atom. The number of nitrogens with one attached hydrogen (secondary N) is 1. The van der Waals surface area contributed by atoms with Crippen molar-refractivity contribution in [1.29, 1.82) is 0 Å². The lowest BCUT2D eigenvalue weighted by molar-refractivity contribution is 0.783. The molecule has 0 aliphatic rings. The fourth-order valence-corrected chi connectivity index (χ4v) is 2.31. The van der Waals surface area contributed by atoms with Crippen LogP contribution in [0.25, 0.3) is 0 Å². The predicted molar refractivity (Wildman–Crippen MR) is 85.6 cm³/mol. The molecule has 0 bridgehead atoms. The molecule has 1 aromatic carbocycles. The summed E-state index contributed by atoms with van der Waals surface area (Å²) in [7, 11) is 3.86. The lowest BCUT2D eigenvalue weighted by Crippen LogP contribution is -2.19. The van der Waals surface area contributed by atoms with Crippen LogP contribution in [0.5, 0.6) is 0 Å². The van der Waals surface area contributed by atoms with Gasteiger partial charge < -0.3 is 10.2 Å². The fourth-order valence-electron chi connectivity index (χ4n) is 1.94. The third kappa shape index (κ3) is 3.63. The van der Waals surface area contributed by atoms with E-state index in [0.717, 1.165) is 22.1 Å². The van der Waals surface area contributed by atoms with E-state index in [9.17, 15) is 0 Å². The second kappa shape index (κ2) is 6.93. The van der Waals surface area contributed by atoms with Crippen LogP contribution in [0.1, 0.15) is 11.3 Å². The molecule has 1 N–H and O–H groups in total. The quantitative estimate of drug-likeness (QED) is 0.912. The van der Waals surface area contributed by atoms with E-state index in [1.54, 1.807) is 0 Å². The summed E-state index contributed by atoms with van der Waals surface area (Å²) >= 11 is 12.3. The van der Waals surface area contributed by atoms with Gasteiger partial charge in [-0.3, -0.25) is 0 Å². The molecule has 106 valence electrons. The molecular formula is C15H17Cl2N3. The van der Waals surface area contributed by atoms with Crippen molar-refractivity contribution in [3.05, 3.63) is 57.7 Å². The summed E-state index contributed by atoms with van der Waals surface area (Å²) in [5.41, 5.74) is 1.92. The number of aromatic nitrogens is 1. The molecule has 1 heterocycles. The van der Waals surface area contributed by atoms with Gasteiger partial charge in [-0.15, -0.1) is 0 Å². The molecule has 0 radical (unpaired) electrons. The summed E-state index contributed by atoms with van der Waals surface area (Å²) in [5.74, 6) is 0.875. The van der Waals surface area contributed by atoms with Crippen molar-refractivity contribution in [3.63, 3.8) is 0 Å². The fraction of sp³-hybridized carbons (Fsp3) is 0.267. The summed E-state index contributed by atoms with van der Waals surface area (Å²) in [4.78, 5) is 6.63. The number of hydrogen-bond acceptors (Lipinski definition) is 3. The van der Waals surface area contributed by atoms with Gasteiger partial charge in [0.15, 0.2) is 0 Å². The maximum Gasteiger partial charge on any atom is 0.129 e. The number of benzene rings is 1. The van der Waals surface area contributed by atoms with E-state index in [2.05, 4.69) is 15.2 Å². The highest BCUT2D eigenvalue weighted by molar-refractivity contribution is 6.31. The van der Waals surface area contributed by atoms with Gasteiger partial charge in [0.05, 0.1) is 10.7 Å². The molecule has 2 aromatic rings. The second-order valence-electron chi connectivity index (χ2n) is 4.58. The molecule has 0 saturated carbocycles. The minimum absolute atomic E-state index is 0.645. The van der Waals surface area contributed by atoms with Crippen molar-refractivity contribution < 1.29 is 0 Å². The largest absolute Gasteiger partial charge is 0.355 e. The summed E-state index contributed by atoms with van der Waals surface area (Å²) < 4.78 is 0. The zero-order chi connectivity index (χ0) is 14.5. The summed E-state index contributed by atoms with van der Waals surface area (Å²) in [6.07, 6.45) is 0. The van der Waals surface area contributed by atoms with Crippen molar-refractivity contribution >= 4 is 29.0 Å². The molecule has 0 unspecified atom stereocenters. The van der Waals surface area contributed by atoms with Crippen LogP contribution in [-0.4, -0.2) is 19.1 Å². The molecule has 5 heteroatoms. The smallest absolute Gasteiger partial charge is 0.129 e. The Kier molecular flexibility index (Phi) is 5.24. The van der Waals surface area contributed by atoms with E-state index in [4.69, 9.17) is 23.2 Å². The first kappa shape index (κ1) is 15.1. The highest BCUT2D eigenvalue weighted by Crippen LogP contribution is 2.22. The van der Waals surface area contributed by atoms with Gasteiger partial charge in [0.1, 0.15) is 5.82 Å². The Morgan fingerprint density at radius 1 is 1.10 bits per heavy atom. The van der Waals surface area contributed by atoms with E-state index < -0.39 is 0 Å². The zero-order valence-electron chi connectivity index (χ0n) is 11.5. The number of halogens is 2. The van der Waals surface area contributed by atoms with Crippen molar-refractivity contribution in [2.75, 3.05) is 19.0 Å². The minimum atomic E-state index is 0.645. The monoisotopic (exact) mass is 309 g/mol. The van der Waals surface area contributed by atoms with E-state index in [1.807, 2.05) is 50.5 Å². The molecule has 0 aliphatic carbocycles. The Hall–Kier alpha value is -1.29. The van der Waals surface area contributed by atoms with Gasteiger partial charge in [0, 0.05) is 25.2 Å². The number of pyridine rings is 1. The average Bonchev–Trinajstić information content (AvgIpc) is 2.44. The van der Waals surface area contributed by atoms with Gasteiger partial charge in [0.2, 0.25) is 0 Å². The molecule has 3 nitrogen and oxygen atoms in total. The van der Waals surface area contributed by atoms with E-state index in [-0.39, 0.29) is 0 Å². The van der Waals surface area contributed by atoms with E-state index in [0.29, 0.717) is 18.1 Å². The van der Waals surface area contributed by atoms with Crippen LogP contribution in [0.2, 0.25) is 10.0 Å². The summed E-state index contributed by atoms with van der Waals surface area (Å²) in [6, 6.07) is 11.6. The Balaban J connectivity index is 2.19. The number of rotatable bonds is 5. The van der Waals surface area contributed by atoms with Crippen LogP contribution < -0.4 is 10.2 Å². The van der Waals surface area contributed by atoms with Crippen molar-refractivity contribution in [2.24, 2.45) is 0 Å². The Bertz CT molecular complexity index is 587. The molecule has 0 aliphatic heterocycles. The highest BCUT2D eigenvalue weighted by atomic mass is 35.5. The van der Waals surface area contributed by atoms with Gasteiger partial charge in [-0.1, -0.05) is 41.4 Å². The van der Waals surface area contributed by atoms with Gasteiger partial charge in [-0.25, -0.2) is 4.98 Å². The molecule has 0 amide bonds. The minimum Gasteiger partial charge on any atom is -0.355 e. The van der Waals surface area contributed by atoms with Gasteiger partial charge in [-0.05, 0) is 30.8 Å². The topological polar surface area (TPSA) is 28.2 Å². The van der Waals surface area contributed by atoms with Gasteiger partial charge in [0.25, 0.3) is 0 Å². The number of hydrogen-bond donors (Lipinski definition) is 1. The molecular weight excluding hydrogens is 293 g/mol. The van der Waals surface area contributed by atoms with Crippen molar-refractivity contribution in [2.45, 2.75) is 13.1 Å². The third-order valence-corrected chi connectivity index (χ3v) is 3.72. The highest BCUT2D eigenvalue weighted by Gasteiger charge is 2.09. The predicted octanol–water partition coefficient (Wildman–Crippen LogP) is 3.74. The van der Waals surface area contributed by atoms with Gasteiger partial charge >= 0.3 is 0 Å². The van der Waals surface area contributed by atoms with Crippen molar-refractivity contribution in [3.8, 4) is 0 Å². The van der Waals surface area contributed by atoms with Crippen LogP contribution in [-0.2, 0) is 13.1 Å². The van der Waals surface area contributed by atoms with Gasteiger partial charge in [-0.2, -0.15) is 0 Å². The summed E-state index contributed by atoms with van der Waals surface area (Å²) in [6.45, 7) is 1.35. The lowest BCUT2D eigenvalue weighted by Gasteiger charge is -2.20. The first-order valence-electron chi connectivity index (χ1n) is 6.36. The van der Waals surface area contributed by atoms with Crippen LogP contribution in [0.3, 0.4) is 0 Å². The van der Waals surface area contributed by atoms with E-state index in [1.165, 1.54) is 0 Å². The lowest BCUT2D eigenvalue weighted by atomic mass is 10.2. The second-order valence-corrected chi connectivity index (χ2v) is 5.39. The molecule has 20 heavy (non-hydrogen) atoms. The molecule has 0 saturated heterocycles. The first-order valence-corrected chi connectivity index (χ1v) is 7.12. The zero-order valence-corrected chi connectivity index (χ0v) is 13.0. The molecule has 0 spiro atoms. The Morgan fingerprint density at radius 3 is 2.55 bits per heavy atom. The molecule has 0 atom stereocenters. The van der Waals surface area contributed by atoms with Crippen molar-refractivity contribution in [1.82, 2.24) is 10.3 Å². The van der Waals surface area contributed by atoms with Crippen LogP contribution >= 0.6 is 23.2 Å². The molecule has 2 rings (SSSR count). The average molecular weight is 310 g/mol. The normalized spacial score (nSPS) is 10.6. The van der Waals surface area contributed by atoms with Crippen LogP contribution in [0, 0.1) is 0 Å². The molecule has 0 fully saturated rings. The van der Waals surface area contributed by atoms with Crippen LogP contribution in [0.4, 0.5) is 5.82 Å². The Labute approximate surface area is 129 Å². The van der Waals surface area contributed by atoms with Crippen LogP contribution in [0.15, 0.2) is 36.4 Å². The third-order valence-electron chi connectivity index (χ3n) is 3.00. The SMILES string of the molecule is CNCc1nc(N(C)Cc2ccccc2Cl)ccc1Cl. The summed E-state index contributed by atoms with van der Waals surface area (Å²) in [5, 5.41) is 4.51. The number of nitrogens with zero attached hydrogens (tertiary/aromatic N) is 2.